The minimum absolute atomic E-state index is 0.0834. The first-order chi connectivity index (χ1) is 12.7. The number of carbonyl (C=O) groups excluding carboxylic acids is 2. The van der Waals surface area contributed by atoms with Gasteiger partial charge in [0.2, 0.25) is 11.8 Å². The Balaban J connectivity index is 1.29. The van der Waals surface area contributed by atoms with Crippen molar-refractivity contribution >= 4 is 11.8 Å². The SMILES string of the molecule is O=C(CCN1CCCC1=O)N[C@H]1CN(Cc2ccccn2)C[C@@H]1C1CC1. The summed E-state index contributed by atoms with van der Waals surface area (Å²) in [6.07, 6.45) is 6.39. The highest BCUT2D eigenvalue weighted by molar-refractivity contribution is 5.80. The number of hydrogen-bond acceptors (Lipinski definition) is 4. The van der Waals surface area contributed by atoms with Crippen molar-refractivity contribution in [2.75, 3.05) is 26.2 Å². The van der Waals surface area contributed by atoms with Crippen LogP contribution in [0.5, 0.6) is 0 Å². The van der Waals surface area contributed by atoms with Crippen molar-refractivity contribution in [2.45, 2.75) is 44.7 Å². The van der Waals surface area contributed by atoms with Gasteiger partial charge in [-0.15, -0.1) is 0 Å². The Hall–Kier alpha value is -1.95. The Morgan fingerprint density at radius 3 is 2.85 bits per heavy atom. The predicted octanol–water partition coefficient (Wildman–Crippen LogP) is 1.42. The second kappa shape index (κ2) is 7.74. The molecule has 140 valence electrons. The van der Waals surface area contributed by atoms with E-state index in [9.17, 15) is 9.59 Å². The average molecular weight is 356 g/mol. The maximum Gasteiger partial charge on any atom is 0.222 e. The third-order valence-electron chi connectivity index (χ3n) is 5.91. The number of hydrogen-bond donors (Lipinski definition) is 1. The summed E-state index contributed by atoms with van der Waals surface area (Å²) in [6, 6.07) is 6.25. The summed E-state index contributed by atoms with van der Waals surface area (Å²) in [6.45, 7) is 4.14. The van der Waals surface area contributed by atoms with Gasteiger partial charge in [-0.25, -0.2) is 0 Å². The van der Waals surface area contributed by atoms with Gasteiger partial charge in [0.1, 0.15) is 0 Å². The van der Waals surface area contributed by atoms with E-state index >= 15 is 0 Å². The van der Waals surface area contributed by atoms with Gasteiger partial charge in [-0.2, -0.15) is 0 Å². The van der Waals surface area contributed by atoms with E-state index in [1.54, 1.807) is 0 Å². The summed E-state index contributed by atoms with van der Waals surface area (Å²) in [5.74, 6) is 1.58. The molecule has 6 heteroatoms. The highest BCUT2D eigenvalue weighted by Crippen LogP contribution is 2.41. The van der Waals surface area contributed by atoms with E-state index in [2.05, 4.69) is 21.3 Å². The number of rotatable bonds is 7. The largest absolute Gasteiger partial charge is 0.352 e. The van der Waals surface area contributed by atoms with Crippen LogP contribution in [0.25, 0.3) is 0 Å². The monoisotopic (exact) mass is 356 g/mol. The molecular weight excluding hydrogens is 328 g/mol. The molecule has 0 spiro atoms. The molecule has 2 amide bonds. The number of amides is 2. The minimum Gasteiger partial charge on any atom is -0.352 e. The van der Waals surface area contributed by atoms with Gasteiger partial charge in [-0.05, 0) is 43.2 Å². The fourth-order valence-electron chi connectivity index (χ4n) is 4.37. The first-order valence-corrected chi connectivity index (χ1v) is 9.88. The van der Waals surface area contributed by atoms with Crippen molar-refractivity contribution in [3.63, 3.8) is 0 Å². The molecule has 3 fully saturated rings. The highest BCUT2D eigenvalue weighted by Gasteiger charge is 2.43. The topological polar surface area (TPSA) is 65.5 Å². The van der Waals surface area contributed by atoms with Crippen LogP contribution in [0.2, 0.25) is 0 Å². The third-order valence-corrected chi connectivity index (χ3v) is 5.91. The molecule has 1 saturated carbocycles. The fourth-order valence-corrected chi connectivity index (χ4v) is 4.37. The predicted molar refractivity (Wildman–Crippen MR) is 98.1 cm³/mol. The van der Waals surface area contributed by atoms with Crippen LogP contribution in [0, 0.1) is 11.8 Å². The second-order valence-electron chi connectivity index (χ2n) is 7.92. The Bertz CT molecular complexity index is 646. The molecule has 0 bridgehead atoms. The molecule has 2 atom stereocenters. The quantitative estimate of drug-likeness (QED) is 0.802. The molecule has 1 aromatic rings. The van der Waals surface area contributed by atoms with Gasteiger partial charge >= 0.3 is 0 Å². The lowest BCUT2D eigenvalue weighted by molar-refractivity contribution is -0.128. The maximum absolute atomic E-state index is 12.4. The van der Waals surface area contributed by atoms with Gasteiger partial charge in [-0.3, -0.25) is 19.5 Å². The average Bonchev–Trinajstić information content (AvgIpc) is 3.29. The van der Waals surface area contributed by atoms with Crippen molar-refractivity contribution in [1.82, 2.24) is 20.1 Å². The number of nitrogens with zero attached hydrogens (tertiary/aromatic N) is 3. The maximum atomic E-state index is 12.4. The number of nitrogens with one attached hydrogen (secondary N) is 1. The zero-order valence-corrected chi connectivity index (χ0v) is 15.3. The Labute approximate surface area is 155 Å². The van der Waals surface area contributed by atoms with Crippen LogP contribution in [0.15, 0.2) is 24.4 Å². The minimum atomic E-state index is 0.0834. The van der Waals surface area contributed by atoms with E-state index < -0.39 is 0 Å². The number of aromatic nitrogens is 1. The van der Waals surface area contributed by atoms with Gasteiger partial charge in [0, 0.05) is 57.8 Å². The zero-order valence-electron chi connectivity index (χ0n) is 15.3. The molecule has 0 radical (unpaired) electrons. The summed E-state index contributed by atoms with van der Waals surface area (Å²) in [7, 11) is 0. The lowest BCUT2D eigenvalue weighted by atomic mass is 9.98. The summed E-state index contributed by atoms with van der Waals surface area (Å²) < 4.78 is 0. The standard InChI is InChI=1S/C20H28N4O2/c25-19(8-11-24-10-3-5-20(24)26)22-18-14-23(13-17(18)15-6-7-15)12-16-4-1-2-9-21-16/h1-2,4,9,15,17-18H,3,5-8,10-14H2,(H,22,25)/t17-,18+/m1/s1. The molecule has 2 saturated heterocycles. The van der Waals surface area contributed by atoms with Crippen LogP contribution in [-0.4, -0.2) is 58.8 Å². The normalized spacial score (nSPS) is 26.5. The second-order valence-corrected chi connectivity index (χ2v) is 7.92. The Morgan fingerprint density at radius 1 is 1.27 bits per heavy atom. The molecule has 26 heavy (non-hydrogen) atoms. The van der Waals surface area contributed by atoms with Crippen molar-refractivity contribution in [3.8, 4) is 0 Å². The first-order valence-electron chi connectivity index (χ1n) is 9.88. The van der Waals surface area contributed by atoms with Crippen LogP contribution in [0.1, 0.15) is 37.8 Å². The van der Waals surface area contributed by atoms with Crippen molar-refractivity contribution in [3.05, 3.63) is 30.1 Å². The van der Waals surface area contributed by atoms with Crippen LogP contribution < -0.4 is 5.32 Å². The van der Waals surface area contributed by atoms with Gasteiger partial charge in [0.05, 0.1) is 5.69 Å². The van der Waals surface area contributed by atoms with Crippen LogP contribution in [0.3, 0.4) is 0 Å². The Kier molecular flexibility index (Phi) is 5.20. The van der Waals surface area contributed by atoms with E-state index in [-0.39, 0.29) is 17.9 Å². The molecule has 3 aliphatic rings. The van der Waals surface area contributed by atoms with Crippen molar-refractivity contribution in [1.29, 1.82) is 0 Å². The van der Waals surface area contributed by atoms with Gasteiger partial charge in [-0.1, -0.05) is 6.07 Å². The van der Waals surface area contributed by atoms with E-state index in [1.165, 1.54) is 12.8 Å². The molecule has 0 aromatic carbocycles. The highest BCUT2D eigenvalue weighted by atomic mass is 16.2. The van der Waals surface area contributed by atoms with E-state index in [1.807, 2.05) is 23.2 Å². The van der Waals surface area contributed by atoms with Crippen molar-refractivity contribution in [2.24, 2.45) is 11.8 Å². The number of carbonyl (C=O) groups is 2. The van der Waals surface area contributed by atoms with Crippen LogP contribution >= 0.6 is 0 Å². The van der Waals surface area contributed by atoms with Crippen molar-refractivity contribution < 1.29 is 9.59 Å². The fraction of sp³-hybridized carbons (Fsp3) is 0.650. The van der Waals surface area contributed by atoms with Gasteiger partial charge < -0.3 is 10.2 Å². The molecule has 0 unspecified atom stereocenters. The van der Waals surface area contributed by atoms with Gasteiger partial charge in [0.25, 0.3) is 0 Å². The molecule has 1 N–H and O–H groups in total. The van der Waals surface area contributed by atoms with E-state index in [4.69, 9.17) is 0 Å². The Morgan fingerprint density at radius 2 is 2.15 bits per heavy atom. The summed E-state index contributed by atoms with van der Waals surface area (Å²) in [5.41, 5.74) is 1.08. The number of pyridine rings is 1. The molecule has 1 aliphatic carbocycles. The first kappa shape index (κ1) is 17.5. The summed E-state index contributed by atoms with van der Waals surface area (Å²) in [5, 5.41) is 3.27. The van der Waals surface area contributed by atoms with E-state index in [0.29, 0.717) is 25.3 Å². The molecule has 2 aliphatic heterocycles. The molecular formula is C20H28N4O2. The molecule has 4 rings (SSSR count). The molecule has 6 nitrogen and oxygen atoms in total. The zero-order chi connectivity index (χ0) is 17.9. The smallest absolute Gasteiger partial charge is 0.222 e. The number of likely N-dealkylation sites (tertiary alicyclic amines) is 2. The third kappa shape index (κ3) is 4.23. The summed E-state index contributed by atoms with van der Waals surface area (Å²) in [4.78, 5) is 32.8. The van der Waals surface area contributed by atoms with E-state index in [0.717, 1.165) is 44.2 Å². The lowest BCUT2D eigenvalue weighted by Crippen LogP contribution is -2.42. The molecule has 1 aromatic heterocycles. The van der Waals surface area contributed by atoms with Gasteiger partial charge in [0.15, 0.2) is 0 Å². The molecule has 3 heterocycles. The van der Waals surface area contributed by atoms with Crippen LogP contribution in [0.4, 0.5) is 0 Å². The summed E-state index contributed by atoms with van der Waals surface area (Å²) >= 11 is 0. The van der Waals surface area contributed by atoms with Crippen LogP contribution in [-0.2, 0) is 16.1 Å². The lowest BCUT2D eigenvalue weighted by Gasteiger charge is -2.21.